The van der Waals surface area contributed by atoms with Gasteiger partial charge < -0.3 is 25.0 Å². The van der Waals surface area contributed by atoms with Crippen molar-refractivity contribution in [3.8, 4) is 0 Å². The highest BCUT2D eigenvalue weighted by Gasteiger charge is 2.29. The molecule has 0 aromatic carbocycles. The average Bonchev–Trinajstić information content (AvgIpc) is 2.73. The number of hydrogen-bond donors (Lipinski definition) is 3. The number of carboxylic acids is 1. The topological polar surface area (TPSA) is 136 Å². The summed E-state index contributed by atoms with van der Waals surface area (Å²) in [5.41, 5.74) is 5.36. The molecule has 0 fully saturated rings. The summed E-state index contributed by atoms with van der Waals surface area (Å²) in [7, 11) is -3.99. The molecule has 3 atom stereocenters. The second-order valence-corrected chi connectivity index (χ2v) is 10.2. The molecule has 0 saturated carbocycles. The second kappa shape index (κ2) is 19.3. The first-order chi connectivity index (χ1) is 15.2. The fraction of sp³-hybridized carbons (Fsp3) is 0.826. The Balaban J connectivity index is 3.63. The lowest BCUT2D eigenvalue weighted by Gasteiger charge is -2.20. The highest BCUT2D eigenvalue weighted by atomic mass is 31.2. The summed E-state index contributed by atoms with van der Waals surface area (Å²) < 4.78 is 21.9. The van der Waals surface area contributed by atoms with Crippen molar-refractivity contribution in [2.24, 2.45) is 5.73 Å². The Kier molecular flexibility index (Phi) is 18.5. The van der Waals surface area contributed by atoms with Gasteiger partial charge in [0, 0.05) is 6.42 Å². The van der Waals surface area contributed by atoms with Crippen LogP contribution in [0.25, 0.3) is 0 Å². The lowest BCUT2D eigenvalue weighted by molar-refractivity contribution is -0.144. The molecule has 0 spiro atoms. The number of nitrogens with two attached hydrogens (primary N) is 1. The third kappa shape index (κ3) is 18.4. The number of hydrogen-bond acceptors (Lipinski definition) is 6. The standard InChI is InChI=1S/C23H44NO7P/c1-3-4-5-6-7-8-9-10-11-12-13-14-15-17-21(25)30-18-16-19-32(28,29)31-20(2)22(24)23(26)27/h8-9,20,22H,3-7,10-19,24H2,1-2H3,(H,26,27)(H,28,29)/b9-8-/t20-,22-/m0/s1. The molecule has 0 aromatic heterocycles. The van der Waals surface area contributed by atoms with Gasteiger partial charge in [0.1, 0.15) is 6.04 Å². The van der Waals surface area contributed by atoms with Crippen LogP contribution in [0.3, 0.4) is 0 Å². The van der Waals surface area contributed by atoms with Crippen molar-refractivity contribution >= 4 is 19.5 Å². The van der Waals surface area contributed by atoms with E-state index in [0.717, 1.165) is 32.1 Å². The fourth-order valence-corrected chi connectivity index (χ4v) is 4.37. The van der Waals surface area contributed by atoms with E-state index < -0.39 is 25.7 Å². The van der Waals surface area contributed by atoms with Gasteiger partial charge in [-0.3, -0.25) is 14.2 Å². The van der Waals surface area contributed by atoms with Gasteiger partial charge in [-0.2, -0.15) is 0 Å². The zero-order valence-electron chi connectivity index (χ0n) is 19.9. The molecular formula is C23H44NO7P. The van der Waals surface area contributed by atoms with Gasteiger partial charge in [0.05, 0.1) is 18.9 Å². The van der Waals surface area contributed by atoms with Gasteiger partial charge in [0.2, 0.25) is 0 Å². The molecule has 0 amide bonds. The summed E-state index contributed by atoms with van der Waals surface area (Å²) in [6, 6.07) is -1.38. The number of allylic oxidation sites excluding steroid dienone is 2. The zero-order valence-corrected chi connectivity index (χ0v) is 20.8. The summed E-state index contributed by atoms with van der Waals surface area (Å²) in [5, 5.41) is 8.78. The molecule has 0 rings (SSSR count). The Morgan fingerprint density at radius 2 is 1.53 bits per heavy atom. The first-order valence-electron chi connectivity index (χ1n) is 12.0. The van der Waals surface area contributed by atoms with Gasteiger partial charge in [-0.15, -0.1) is 0 Å². The Morgan fingerprint density at radius 3 is 2.12 bits per heavy atom. The Hall–Kier alpha value is -1.21. The molecule has 1 unspecified atom stereocenters. The smallest absolute Gasteiger partial charge is 0.328 e. The van der Waals surface area contributed by atoms with E-state index in [2.05, 4.69) is 19.1 Å². The van der Waals surface area contributed by atoms with Crippen molar-refractivity contribution in [2.75, 3.05) is 12.8 Å². The van der Waals surface area contributed by atoms with Gasteiger partial charge in [0.25, 0.3) is 0 Å². The van der Waals surface area contributed by atoms with E-state index in [1.54, 1.807) is 0 Å². The zero-order chi connectivity index (χ0) is 24.2. The van der Waals surface area contributed by atoms with Crippen molar-refractivity contribution in [3.63, 3.8) is 0 Å². The van der Waals surface area contributed by atoms with Crippen LogP contribution in [-0.4, -0.2) is 46.9 Å². The van der Waals surface area contributed by atoms with Crippen molar-refractivity contribution in [2.45, 2.75) is 109 Å². The molecule has 0 radical (unpaired) electrons. The van der Waals surface area contributed by atoms with E-state index in [1.165, 1.54) is 45.4 Å². The molecule has 0 heterocycles. The van der Waals surface area contributed by atoms with E-state index in [1.807, 2.05) is 0 Å². The van der Waals surface area contributed by atoms with E-state index in [0.29, 0.717) is 6.42 Å². The Labute approximate surface area is 193 Å². The van der Waals surface area contributed by atoms with Crippen LogP contribution < -0.4 is 5.73 Å². The lowest BCUT2D eigenvalue weighted by atomic mass is 10.1. The van der Waals surface area contributed by atoms with Crippen molar-refractivity contribution in [3.05, 3.63) is 12.2 Å². The number of carbonyl (C=O) groups excluding carboxylic acids is 1. The SMILES string of the molecule is CCCCCC/C=C\CCCCCCCC(=O)OCCCP(=O)(O)O[C@@H](C)[C@H](N)C(=O)O. The molecule has 4 N–H and O–H groups in total. The number of aliphatic carboxylic acids is 1. The number of unbranched alkanes of at least 4 members (excludes halogenated alkanes) is 9. The fourth-order valence-electron chi connectivity index (χ4n) is 3.09. The highest BCUT2D eigenvalue weighted by Crippen LogP contribution is 2.44. The van der Waals surface area contributed by atoms with Gasteiger partial charge in [-0.05, 0) is 45.4 Å². The molecule has 0 aliphatic carbocycles. The summed E-state index contributed by atoms with van der Waals surface area (Å²) in [6.07, 6.45) is 16.4. The first kappa shape index (κ1) is 30.8. The molecule has 8 nitrogen and oxygen atoms in total. The summed E-state index contributed by atoms with van der Waals surface area (Å²) >= 11 is 0. The van der Waals surface area contributed by atoms with Crippen molar-refractivity contribution in [1.82, 2.24) is 0 Å². The maximum atomic E-state index is 11.9. The molecule has 0 aromatic rings. The van der Waals surface area contributed by atoms with Crippen LogP contribution in [0.2, 0.25) is 0 Å². The van der Waals surface area contributed by atoms with Crippen LogP contribution in [0.15, 0.2) is 12.2 Å². The molecule has 0 aliphatic rings. The minimum atomic E-state index is -3.99. The van der Waals surface area contributed by atoms with Gasteiger partial charge in [0.15, 0.2) is 0 Å². The summed E-state index contributed by atoms with van der Waals surface area (Å²) in [6.45, 7) is 3.57. The molecule has 188 valence electrons. The van der Waals surface area contributed by atoms with Gasteiger partial charge in [-0.1, -0.05) is 57.6 Å². The normalized spacial score (nSPS) is 15.4. The van der Waals surface area contributed by atoms with Gasteiger partial charge in [-0.25, -0.2) is 0 Å². The van der Waals surface area contributed by atoms with E-state index in [9.17, 15) is 19.0 Å². The largest absolute Gasteiger partial charge is 0.480 e. The summed E-state index contributed by atoms with van der Waals surface area (Å²) in [4.78, 5) is 32.3. The quantitative estimate of drug-likeness (QED) is 0.0890. The lowest BCUT2D eigenvalue weighted by Crippen LogP contribution is -2.41. The van der Waals surface area contributed by atoms with E-state index in [-0.39, 0.29) is 25.2 Å². The van der Waals surface area contributed by atoms with E-state index in [4.69, 9.17) is 20.1 Å². The number of esters is 1. The third-order valence-electron chi connectivity index (χ3n) is 5.11. The van der Waals surface area contributed by atoms with Crippen molar-refractivity contribution in [1.29, 1.82) is 0 Å². The number of carbonyl (C=O) groups is 2. The van der Waals surface area contributed by atoms with Crippen molar-refractivity contribution < 1.29 is 33.4 Å². The van der Waals surface area contributed by atoms with Gasteiger partial charge >= 0.3 is 19.5 Å². The Bertz CT molecular complexity index is 583. The summed E-state index contributed by atoms with van der Waals surface area (Å²) in [5.74, 6) is -1.62. The van der Waals surface area contributed by atoms with Crippen LogP contribution in [0.4, 0.5) is 0 Å². The maximum Gasteiger partial charge on any atom is 0.328 e. The third-order valence-corrected chi connectivity index (χ3v) is 6.66. The van der Waals surface area contributed by atoms with E-state index >= 15 is 0 Å². The molecular weight excluding hydrogens is 433 g/mol. The molecule has 32 heavy (non-hydrogen) atoms. The predicted molar refractivity (Wildman–Crippen MR) is 127 cm³/mol. The number of carboxylic acid groups (broad SMARTS) is 1. The molecule has 0 aliphatic heterocycles. The predicted octanol–water partition coefficient (Wildman–Crippen LogP) is 5.18. The van der Waals surface area contributed by atoms with Crippen LogP contribution in [0.1, 0.15) is 97.3 Å². The van der Waals surface area contributed by atoms with Crippen LogP contribution >= 0.6 is 7.60 Å². The van der Waals surface area contributed by atoms with Crippen LogP contribution in [0.5, 0.6) is 0 Å². The molecule has 9 heteroatoms. The number of rotatable bonds is 21. The first-order valence-corrected chi connectivity index (χ1v) is 13.7. The highest BCUT2D eigenvalue weighted by molar-refractivity contribution is 7.52. The second-order valence-electron chi connectivity index (χ2n) is 8.24. The Morgan fingerprint density at radius 1 is 0.969 bits per heavy atom. The van der Waals surface area contributed by atoms with Crippen LogP contribution in [0, 0.1) is 0 Å². The minimum Gasteiger partial charge on any atom is -0.480 e. The maximum absolute atomic E-state index is 11.9. The molecule has 0 saturated heterocycles. The average molecular weight is 478 g/mol. The monoisotopic (exact) mass is 477 g/mol. The minimum absolute atomic E-state index is 0.0247. The number of ether oxygens (including phenoxy) is 1. The molecule has 0 bridgehead atoms. The van der Waals surface area contributed by atoms with Crippen LogP contribution in [-0.2, 0) is 23.4 Å².